The van der Waals surface area contributed by atoms with Gasteiger partial charge in [-0.05, 0) is 37.1 Å². The maximum Gasteiger partial charge on any atom is 0.418 e. The Morgan fingerprint density at radius 3 is 2.81 bits per heavy atom. The van der Waals surface area contributed by atoms with E-state index in [2.05, 4.69) is 4.98 Å². The topological polar surface area (TPSA) is 42.4 Å². The number of aromatic nitrogens is 1. The van der Waals surface area contributed by atoms with Crippen LogP contribution in [0.15, 0.2) is 42.6 Å². The summed E-state index contributed by atoms with van der Waals surface area (Å²) in [6, 6.07) is 8.43. The monoisotopic (exact) mass is 364 g/mol. The summed E-state index contributed by atoms with van der Waals surface area (Å²) in [6.07, 6.45) is -1.48. The van der Waals surface area contributed by atoms with Crippen LogP contribution in [-0.4, -0.2) is 42.1 Å². The van der Waals surface area contributed by atoms with Crippen LogP contribution in [0.3, 0.4) is 0 Å². The fourth-order valence-corrected chi connectivity index (χ4v) is 3.16. The summed E-state index contributed by atoms with van der Waals surface area (Å²) in [4.78, 5) is 18.3. The summed E-state index contributed by atoms with van der Waals surface area (Å²) in [5.74, 6) is -0.210. The van der Waals surface area contributed by atoms with Crippen molar-refractivity contribution in [3.63, 3.8) is 0 Å². The zero-order valence-corrected chi connectivity index (χ0v) is 14.3. The van der Waals surface area contributed by atoms with Gasteiger partial charge in [0.1, 0.15) is 0 Å². The quantitative estimate of drug-likeness (QED) is 0.826. The van der Waals surface area contributed by atoms with E-state index in [0.717, 1.165) is 18.9 Å². The molecule has 1 aliphatic heterocycles. The standard InChI is InChI=1S/C19H19F3N2O2/c1-26-15-7-4-10-24(12-15)18(25)14-6-2-5-13(11-14)17-16(19(20,21)22)8-3-9-23-17/h2-3,5-6,8-9,11,15H,4,7,10,12H2,1H3/t15-/m0/s1. The van der Waals surface area contributed by atoms with Crippen LogP contribution in [0.1, 0.15) is 28.8 Å². The molecule has 2 aromatic rings. The third kappa shape index (κ3) is 3.88. The lowest BCUT2D eigenvalue weighted by atomic mass is 10.0. The van der Waals surface area contributed by atoms with E-state index in [1.165, 1.54) is 24.4 Å². The number of carbonyl (C=O) groups excluding carboxylic acids is 1. The van der Waals surface area contributed by atoms with Crippen LogP contribution in [0, 0.1) is 0 Å². The molecule has 0 bridgehead atoms. The normalized spacial score (nSPS) is 18.0. The fourth-order valence-electron chi connectivity index (χ4n) is 3.16. The van der Waals surface area contributed by atoms with Gasteiger partial charge < -0.3 is 9.64 Å². The van der Waals surface area contributed by atoms with Gasteiger partial charge in [0.25, 0.3) is 5.91 Å². The molecule has 1 amide bonds. The molecule has 26 heavy (non-hydrogen) atoms. The number of rotatable bonds is 3. The molecule has 0 aliphatic carbocycles. The highest BCUT2D eigenvalue weighted by molar-refractivity contribution is 5.95. The smallest absolute Gasteiger partial charge is 0.380 e. The molecule has 1 atom stereocenters. The molecule has 3 rings (SSSR count). The number of halogens is 3. The second-order valence-electron chi connectivity index (χ2n) is 6.23. The Bertz CT molecular complexity index is 792. The van der Waals surface area contributed by atoms with Crippen LogP contribution in [0.2, 0.25) is 0 Å². The molecule has 0 saturated carbocycles. The van der Waals surface area contributed by atoms with E-state index in [0.29, 0.717) is 18.7 Å². The number of pyridine rings is 1. The molecule has 0 spiro atoms. The molecule has 4 nitrogen and oxygen atoms in total. The molecule has 2 heterocycles. The maximum atomic E-state index is 13.2. The van der Waals surface area contributed by atoms with E-state index in [4.69, 9.17) is 4.74 Å². The minimum atomic E-state index is -4.51. The molecule has 1 aromatic carbocycles. The first-order valence-electron chi connectivity index (χ1n) is 8.35. The minimum absolute atomic E-state index is 0.0106. The Morgan fingerprint density at radius 1 is 1.27 bits per heavy atom. The van der Waals surface area contributed by atoms with Crippen LogP contribution >= 0.6 is 0 Å². The number of amides is 1. The van der Waals surface area contributed by atoms with Crippen LogP contribution in [0.4, 0.5) is 13.2 Å². The summed E-state index contributed by atoms with van der Waals surface area (Å²) in [6.45, 7) is 1.09. The zero-order valence-electron chi connectivity index (χ0n) is 14.3. The fraction of sp³-hybridized carbons (Fsp3) is 0.368. The van der Waals surface area contributed by atoms with Crippen LogP contribution in [0.25, 0.3) is 11.3 Å². The Morgan fingerprint density at radius 2 is 2.08 bits per heavy atom. The van der Waals surface area contributed by atoms with Gasteiger partial charge in [0.05, 0.1) is 17.4 Å². The Hall–Kier alpha value is -2.41. The van der Waals surface area contributed by atoms with Crippen molar-refractivity contribution in [3.8, 4) is 11.3 Å². The molecule has 0 unspecified atom stereocenters. The summed E-state index contributed by atoms with van der Waals surface area (Å²) in [5, 5.41) is 0. The number of hydrogen-bond acceptors (Lipinski definition) is 3. The highest BCUT2D eigenvalue weighted by atomic mass is 19.4. The van der Waals surface area contributed by atoms with Gasteiger partial charge in [-0.15, -0.1) is 0 Å². The van der Waals surface area contributed by atoms with Gasteiger partial charge in [0.2, 0.25) is 0 Å². The Balaban J connectivity index is 1.91. The summed E-state index contributed by atoms with van der Waals surface area (Å²) >= 11 is 0. The van der Waals surface area contributed by atoms with Gasteiger partial charge in [0, 0.05) is 37.5 Å². The summed E-state index contributed by atoms with van der Waals surface area (Å²) in [7, 11) is 1.61. The van der Waals surface area contributed by atoms with Crippen molar-refractivity contribution in [2.75, 3.05) is 20.2 Å². The molecular formula is C19H19F3N2O2. The predicted octanol–water partition coefficient (Wildman–Crippen LogP) is 4.02. The second-order valence-corrected chi connectivity index (χ2v) is 6.23. The van der Waals surface area contributed by atoms with E-state index >= 15 is 0 Å². The number of nitrogens with zero attached hydrogens (tertiary/aromatic N) is 2. The summed E-state index contributed by atoms with van der Waals surface area (Å²) in [5.41, 5.74) is -0.382. The van der Waals surface area contributed by atoms with Crippen molar-refractivity contribution >= 4 is 5.91 Å². The number of ether oxygens (including phenoxy) is 1. The number of benzene rings is 1. The lowest BCUT2D eigenvalue weighted by Crippen LogP contribution is -2.42. The SMILES string of the molecule is CO[C@H]1CCCN(C(=O)c2cccc(-c3ncccc3C(F)(F)F)c2)C1. The van der Waals surface area contributed by atoms with Crippen molar-refractivity contribution in [2.45, 2.75) is 25.1 Å². The highest BCUT2D eigenvalue weighted by Gasteiger charge is 2.34. The van der Waals surface area contributed by atoms with Crippen molar-refractivity contribution in [1.29, 1.82) is 0 Å². The lowest BCUT2D eigenvalue weighted by Gasteiger charge is -2.32. The minimum Gasteiger partial charge on any atom is -0.380 e. The van der Waals surface area contributed by atoms with Gasteiger partial charge in [-0.25, -0.2) is 0 Å². The van der Waals surface area contributed by atoms with E-state index in [1.807, 2.05) is 0 Å². The summed E-state index contributed by atoms with van der Waals surface area (Å²) < 4.78 is 45.0. The molecule has 1 fully saturated rings. The number of piperidine rings is 1. The van der Waals surface area contributed by atoms with Crippen LogP contribution < -0.4 is 0 Å². The molecule has 138 valence electrons. The molecule has 0 N–H and O–H groups in total. The first-order chi connectivity index (χ1) is 12.4. The van der Waals surface area contributed by atoms with E-state index in [1.54, 1.807) is 24.1 Å². The highest BCUT2D eigenvalue weighted by Crippen LogP contribution is 2.35. The average molecular weight is 364 g/mol. The third-order valence-electron chi connectivity index (χ3n) is 4.49. The molecule has 1 aromatic heterocycles. The molecule has 1 aliphatic rings. The number of likely N-dealkylation sites (tertiary alicyclic amines) is 1. The zero-order chi connectivity index (χ0) is 18.7. The van der Waals surface area contributed by atoms with Crippen molar-refractivity contribution in [2.24, 2.45) is 0 Å². The van der Waals surface area contributed by atoms with Crippen molar-refractivity contribution in [3.05, 3.63) is 53.7 Å². The first-order valence-corrected chi connectivity index (χ1v) is 8.35. The van der Waals surface area contributed by atoms with Crippen LogP contribution in [0.5, 0.6) is 0 Å². The number of methoxy groups -OCH3 is 1. The van der Waals surface area contributed by atoms with Crippen LogP contribution in [-0.2, 0) is 10.9 Å². The number of carbonyl (C=O) groups is 1. The van der Waals surface area contributed by atoms with E-state index in [9.17, 15) is 18.0 Å². The van der Waals surface area contributed by atoms with E-state index < -0.39 is 11.7 Å². The van der Waals surface area contributed by atoms with Crippen molar-refractivity contribution in [1.82, 2.24) is 9.88 Å². The third-order valence-corrected chi connectivity index (χ3v) is 4.49. The van der Waals surface area contributed by atoms with Gasteiger partial charge >= 0.3 is 6.18 Å². The van der Waals surface area contributed by atoms with Crippen molar-refractivity contribution < 1.29 is 22.7 Å². The maximum absolute atomic E-state index is 13.2. The first kappa shape index (κ1) is 18.4. The lowest BCUT2D eigenvalue weighted by molar-refractivity contribution is -0.137. The molecule has 1 saturated heterocycles. The Kier molecular flexibility index (Phi) is 5.27. The average Bonchev–Trinajstić information content (AvgIpc) is 2.67. The van der Waals surface area contributed by atoms with Gasteiger partial charge in [0.15, 0.2) is 0 Å². The van der Waals surface area contributed by atoms with E-state index in [-0.39, 0.29) is 23.3 Å². The Labute approximate surface area is 149 Å². The van der Waals surface area contributed by atoms with Gasteiger partial charge in [-0.3, -0.25) is 9.78 Å². The van der Waals surface area contributed by atoms with Gasteiger partial charge in [-0.1, -0.05) is 12.1 Å². The molecule has 0 radical (unpaired) electrons. The second kappa shape index (κ2) is 7.45. The largest absolute Gasteiger partial charge is 0.418 e. The molecular weight excluding hydrogens is 345 g/mol. The predicted molar refractivity (Wildman–Crippen MR) is 90.6 cm³/mol. The number of hydrogen-bond donors (Lipinski definition) is 0. The molecule has 7 heteroatoms. The van der Waals surface area contributed by atoms with Gasteiger partial charge in [-0.2, -0.15) is 13.2 Å². The number of alkyl halides is 3.